The molecule has 254 valence electrons. The first kappa shape index (κ1) is 35.5. The van der Waals surface area contributed by atoms with E-state index in [0.29, 0.717) is 5.69 Å². The standard InChI is InChI=1S/C34H42N2O11/c1-17(2)23-10-9-11-24(18(3)4)30(23)35-32(39)25-14-27(36(41)42)28(15-26(25)33(35)40)43-12-13-44-34-31(46-22(8)38)20(6)19(5)29(47-34)16-45-21(7)37/h9-11,14-15,17-20,29,31,34H,12-13,16H2,1-8H3/t19-,20-,29?,31?,34+/m0/s1. The van der Waals surface area contributed by atoms with E-state index in [1.54, 1.807) is 0 Å². The van der Waals surface area contributed by atoms with Crippen molar-refractivity contribution in [2.24, 2.45) is 11.8 Å². The van der Waals surface area contributed by atoms with Crippen molar-refractivity contribution in [3.63, 3.8) is 0 Å². The number of para-hydroxylation sites is 1. The van der Waals surface area contributed by atoms with Crippen LogP contribution in [0.15, 0.2) is 30.3 Å². The summed E-state index contributed by atoms with van der Waals surface area (Å²) in [4.78, 5) is 63.2. The molecule has 2 amide bonds. The summed E-state index contributed by atoms with van der Waals surface area (Å²) in [6, 6.07) is 7.92. The fourth-order valence-corrected chi connectivity index (χ4v) is 5.94. The van der Waals surface area contributed by atoms with Crippen LogP contribution in [0.25, 0.3) is 0 Å². The van der Waals surface area contributed by atoms with Gasteiger partial charge in [0, 0.05) is 31.9 Å². The maximum Gasteiger partial charge on any atom is 0.311 e. The minimum Gasteiger partial charge on any atom is -0.484 e. The normalized spacial score (nSPS) is 22.4. The number of nitro groups is 1. The number of ether oxygens (including phenoxy) is 5. The van der Waals surface area contributed by atoms with Crippen molar-refractivity contribution < 1.29 is 47.8 Å². The molecule has 0 N–H and O–H groups in total. The second-order valence-electron chi connectivity index (χ2n) is 12.5. The maximum absolute atomic E-state index is 13.8. The lowest BCUT2D eigenvalue weighted by molar-refractivity contribution is -0.386. The summed E-state index contributed by atoms with van der Waals surface area (Å²) in [6.07, 6.45) is -2.34. The smallest absolute Gasteiger partial charge is 0.311 e. The Balaban J connectivity index is 1.56. The van der Waals surface area contributed by atoms with E-state index in [0.717, 1.165) is 22.1 Å². The van der Waals surface area contributed by atoms with Gasteiger partial charge >= 0.3 is 17.6 Å². The highest BCUT2D eigenvalue weighted by Crippen LogP contribution is 2.42. The van der Waals surface area contributed by atoms with Crippen molar-refractivity contribution in [1.82, 2.24) is 0 Å². The van der Waals surface area contributed by atoms with Crippen molar-refractivity contribution in [3.8, 4) is 5.75 Å². The molecule has 4 rings (SSSR count). The van der Waals surface area contributed by atoms with Gasteiger partial charge in [0.1, 0.15) is 13.2 Å². The number of esters is 2. The van der Waals surface area contributed by atoms with Crippen LogP contribution in [0.4, 0.5) is 11.4 Å². The average molecular weight is 655 g/mol. The van der Waals surface area contributed by atoms with Crippen molar-refractivity contribution >= 4 is 35.1 Å². The number of hydrogen-bond donors (Lipinski definition) is 0. The van der Waals surface area contributed by atoms with Gasteiger partial charge in [0.25, 0.3) is 11.8 Å². The van der Waals surface area contributed by atoms with Gasteiger partial charge in [0.2, 0.25) is 0 Å². The van der Waals surface area contributed by atoms with Gasteiger partial charge in [-0.25, -0.2) is 4.90 Å². The zero-order valence-electron chi connectivity index (χ0n) is 27.9. The van der Waals surface area contributed by atoms with Crippen molar-refractivity contribution in [2.75, 3.05) is 24.7 Å². The molecular formula is C34H42N2O11. The molecule has 1 saturated heterocycles. The van der Waals surface area contributed by atoms with Gasteiger partial charge in [-0.3, -0.25) is 29.3 Å². The van der Waals surface area contributed by atoms with E-state index in [4.69, 9.17) is 23.7 Å². The summed E-state index contributed by atoms with van der Waals surface area (Å²) in [5.74, 6) is -2.82. The average Bonchev–Trinajstić information content (AvgIpc) is 3.24. The van der Waals surface area contributed by atoms with E-state index >= 15 is 0 Å². The van der Waals surface area contributed by atoms with Crippen LogP contribution >= 0.6 is 0 Å². The second-order valence-corrected chi connectivity index (χ2v) is 12.5. The summed E-state index contributed by atoms with van der Waals surface area (Å²) < 4.78 is 28.3. The minimum atomic E-state index is -1.03. The van der Waals surface area contributed by atoms with Crippen LogP contribution in [0, 0.1) is 22.0 Å². The SMILES string of the molecule is CC(=O)OCC1O[C@@H](OCCOc2cc3c(cc2[N+](=O)[O-])C(=O)N(c2c(C(C)C)cccc2C(C)C)C3=O)C(OC(C)=O)[C@@H](C)[C@@H]1C. The fraction of sp³-hybridized carbons (Fsp3) is 0.529. The number of anilines is 1. The van der Waals surface area contributed by atoms with Gasteiger partial charge in [-0.15, -0.1) is 0 Å². The highest BCUT2D eigenvalue weighted by Gasteiger charge is 2.45. The number of benzene rings is 2. The molecule has 13 nitrogen and oxygen atoms in total. The lowest BCUT2D eigenvalue weighted by Gasteiger charge is -2.43. The van der Waals surface area contributed by atoms with Gasteiger partial charge in [-0.1, -0.05) is 59.7 Å². The topological polar surface area (TPSA) is 161 Å². The van der Waals surface area contributed by atoms with Crippen LogP contribution in [0.5, 0.6) is 5.75 Å². The Kier molecular flexibility index (Phi) is 11.0. The number of rotatable bonds is 12. The predicted molar refractivity (Wildman–Crippen MR) is 169 cm³/mol. The molecule has 0 aliphatic carbocycles. The van der Waals surface area contributed by atoms with Crippen LogP contribution in [0.1, 0.15) is 99.1 Å². The Labute approximate surface area is 273 Å². The number of carbonyl (C=O) groups excluding carboxylic acids is 4. The minimum absolute atomic E-state index is 0.00188. The largest absolute Gasteiger partial charge is 0.484 e. The van der Waals surface area contributed by atoms with Crippen molar-refractivity contribution in [3.05, 3.63) is 62.7 Å². The highest BCUT2D eigenvalue weighted by molar-refractivity contribution is 6.35. The third-order valence-electron chi connectivity index (χ3n) is 8.62. The molecule has 2 aliphatic heterocycles. The number of nitrogens with zero attached hydrogens (tertiary/aromatic N) is 2. The number of carbonyl (C=O) groups is 4. The summed E-state index contributed by atoms with van der Waals surface area (Å²) in [5, 5.41) is 12.1. The number of imide groups is 1. The number of fused-ring (bicyclic) bond motifs is 1. The van der Waals surface area contributed by atoms with Gasteiger partial charge in [-0.05, 0) is 28.9 Å². The Bertz CT molecular complexity index is 1520. The lowest BCUT2D eigenvalue weighted by Crippen LogP contribution is -2.53. The Hall–Kier alpha value is -4.36. The van der Waals surface area contributed by atoms with E-state index < -0.39 is 52.9 Å². The molecule has 0 aromatic heterocycles. The van der Waals surface area contributed by atoms with Crippen LogP contribution in [0.3, 0.4) is 0 Å². The molecule has 1 fully saturated rings. The number of amides is 2. The molecule has 2 aliphatic rings. The van der Waals surface area contributed by atoms with Crippen molar-refractivity contribution in [2.45, 2.75) is 85.7 Å². The molecule has 2 heterocycles. The number of nitro benzene ring substituents is 1. The summed E-state index contributed by atoms with van der Waals surface area (Å²) in [6.45, 7) is 13.8. The summed E-state index contributed by atoms with van der Waals surface area (Å²) in [7, 11) is 0. The lowest BCUT2D eigenvalue weighted by atomic mass is 9.83. The van der Waals surface area contributed by atoms with Crippen LogP contribution in [-0.4, -0.2) is 67.0 Å². The van der Waals surface area contributed by atoms with Gasteiger partial charge in [0.15, 0.2) is 18.1 Å². The molecule has 0 spiro atoms. The van der Waals surface area contributed by atoms with Crippen LogP contribution in [-0.2, 0) is 28.5 Å². The molecule has 2 unspecified atom stereocenters. The van der Waals surface area contributed by atoms with E-state index in [1.807, 2.05) is 59.7 Å². The molecule has 2 aromatic rings. The first-order valence-electron chi connectivity index (χ1n) is 15.7. The highest BCUT2D eigenvalue weighted by atomic mass is 16.7. The third kappa shape index (κ3) is 7.46. The molecule has 0 radical (unpaired) electrons. The Morgan fingerprint density at radius 1 is 0.936 bits per heavy atom. The first-order chi connectivity index (χ1) is 22.1. The van der Waals surface area contributed by atoms with Crippen molar-refractivity contribution in [1.29, 1.82) is 0 Å². The summed E-state index contributed by atoms with van der Waals surface area (Å²) >= 11 is 0. The Morgan fingerprint density at radius 2 is 1.53 bits per heavy atom. The quantitative estimate of drug-likeness (QED) is 0.0930. The molecule has 2 aromatic carbocycles. The van der Waals surface area contributed by atoms with Gasteiger partial charge < -0.3 is 23.7 Å². The van der Waals surface area contributed by atoms with E-state index in [-0.39, 0.29) is 60.4 Å². The fourth-order valence-electron chi connectivity index (χ4n) is 5.94. The molecule has 0 saturated carbocycles. The number of hydrogen-bond acceptors (Lipinski definition) is 11. The first-order valence-corrected chi connectivity index (χ1v) is 15.7. The van der Waals surface area contributed by atoms with E-state index in [2.05, 4.69) is 0 Å². The molecule has 13 heteroatoms. The zero-order valence-corrected chi connectivity index (χ0v) is 27.9. The molecule has 5 atom stereocenters. The van der Waals surface area contributed by atoms with Gasteiger partial charge in [-0.2, -0.15) is 0 Å². The van der Waals surface area contributed by atoms with Crippen LogP contribution < -0.4 is 9.64 Å². The third-order valence-corrected chi connectivity index (χ3v) is 8.62. The molecular weight excluding hydrogens is 612 g/mol. The molecule has 47 heavy (non-hydrogen) atoms. The Morgan fingerprint density at radius 3 is 2.06 bits per heavy atom. The maximum atomic E-state index is 13.8. The predicted octanol–water partition coefficient (Wildman–Crippen LogP) is 5.53. The molecule has 0 bridgehead atoms. The summed E-state index contributed by atoms with van der Waals surface area (Å²) in [5.41, 5.74) is 1.54. The van der Waals surface area contributed by atoms with E-state index in [9.17, 15) is 29.3 Å². The monoisotopic (exact) mass is 654 g/mol. The van der Waals surface area contributed by atoms with Gasteiger partial charge in [0.05, 0.1) is 34.4 Å². The zero-order chi connectivity index (χ0) is 34.7. The van der Waals surface area contributed by atoms with Crippen LogP contribution in [0.2, 0.25) is 0 Å². The second kappa shape index (κ2) is 14.6. The van der Waals surface area contributed by atoms with E-state index in [1.165, 1.54) is 19.9 Å².